The van der Waals surface area contributed by atoms with Gasteiger partial charge in [0, 0.05) is 23.5 Å². The summed E-state index contributed by atoms with van der Waals surface area (Å²) < 4.78 is 0. The molecule has 0 bridgehead atoms. The van der Waals surface area contributed by atoms with Crippen molar-refractivity contribution in [3.05, 3.63) is 75.3 Å². The summed E-state index contributed by atoms with van der Waals surface area (Å²) in [6.45, 7) is 2.53. The van der Waals surface area contributed by atoms with Crippen LogP contribution in [0.25, 0.3) is 10.8 Å². The molecule has 1 heterocycles. The summed E-state index contributed by atoms with van der Waals surface area (Å²) in [5, 5.41) is 6.95. The van der Waals surface area contributed by atoms with Gasteiger partial charge in [-0.05, 0) is 73.0 Å². The van der Waals surface area contributed by atoms with Crippen LogP contribution in [0.5, 0.6) is 0 Å². The lowest BCUT2D eigenvalue weighted by Crippen LogP contribution is -2.37. The fourth-order valence-corrected chi connectivity index (χ4v) is 5.24. The molecule has 1 aliphatic carbocycles. The average molecular weight is 439 g/mol. The Kier molecular flexibility index (Phi) is 5.44. The summed E-state index contributed by atoms with van der Waals surface area (Å²) in [6.07, 6.45) is 3.90. The molecule has 3 aromatic rings. The van der Waals surface area contributed by atoms with E-state index < -0.39 is 0 Å². The molecular weight excluding hydrogens is 415 g/mol. The minimum absolute atomic E-state index is 0.0409. The summed E-state index contributed by atoms with van der Waals surface area (Å²) in [7, 11) is 0. The van der Waals surface area contributed by atoms with Gasteiger partial charge in [0.25, 0.3) is 0 Å². The van der Waals surface area contributed by atoms with E-state index in [4.69, 9.17) is 23.2 Å². The largest absolute Gasteiger partial charge is 0.325 e. The van der Waals surface area contributed by atoms with E-state index in [9.17, 15) is 4.79 Å². The number of piperidine rings is 1. The van der Waals surface area contributed by atoms with Gasteiger partial charge in [-0.1, -0.05) is 59.6 Å². The Labute approximate surface area is 187 Å². The number of hydrogen-bond donors (Lipinski definition) is 1. The first-order valence-electron chi connectivity index (χ1n) is 10.6. The van der Waals surface area contributed by atoms with E-state index in [-0.39, 0.29) is 11.8 Å². The molecule has 1 fully saturated rings. The predicted octanol–water partition coefficient (Wildman–Crippen LogP) is 6.10. The summed E-state index contributed by atoms with van der Waals surface area (Å²) in [5.41, 5.74) is 4.77. The summed E-state index contributed by atoms with van der Waals surface area (Å²) in [5.74, 6) is 0.174. The zero-order valence-electron chi connectivity index (χ0n) is 16.8. The Balaban J connectivity index is 1.24. The number of amides is 1. The van der Waals surface area contributed by atoms with Crippen LogP contribution in [0.3, 0.4) is 0 Å². The normalized spacial score (nSPS) is 16.9. The van der Waals surface area contributed by atoms with Crippen molar-refractivity contribution >= 4 is 45.6 Å². The third-order valence-electron chi connectivity index (χ3n) is 6.52. The lowest BCUT2D eigenvalue weighted by Gasteiger charge is -2.31. The number of benzene rings is 3. The highest BCUT2D eigenvalue weighted by molar-refractivity contribution is 6.42. The molecule has 154 valence electrons. The molecule has 1 saturated heterocycles. The van der Waals surface area contributed by atoms with Crippen LogP contribution >= 0.6 is 23.2 Å². The molecule has 0 aromatic heterocycles. The van der Waals surface area contributed by atoms with Crippen LogP contribution in [-0.2, 0) is 24.2 Å². The van der Waals surface area contributed by atoms with Gasteiger partial charge in [-0.15, -0.1) is 0 Å². The SMILES string of the molecule is O=C(Nc1ccc2c3c(cccc13)CC2)C1CCN(Cc2cccc(Cl)c2Cl)CC1. The summed E-state index contributed by atoms with van der Waals surface area (Å²) in [4.78, 5) is 15.3. The highest BCUT2D eigenvalue weighted by Crippen LogP contribution is 2.35. The minimum atomic E-state index is 0.0409. The number of likely N-dealkylation sites (tertiary alicyclic amines) is 1. The van der Waals surface area contributed by atoms with Gasteiger partial charge >= 0.3 is 0 Å². The van der Waals surface area contributed by atoms with E-state index in [0.717, 1.165) is 56.6 Å². The van der Waals surface area contributed by atoms with Gasteiger partial charge in [0.2, 0.25) is 5.91 Å². The molecule has 0 spiro atoms. The van der Waals surface area contributed by atoms with Gasteiger partial charge in [0.05, 0.1) is 10.0 Å². The van der Waals surface area contributed by atoms with Crippen LogP contribution in [0.4, 0.5) is 5.69 Å². The number of rotatable bonds is 4. The quantitative estimate of drug-likeness (QED) is 0.533. The predicted molar refractivity (Wildman–Crippen MR) is 124 cm³/mol. The molecule has 5 rings (SSSR count). The number of carbonyl (C=O) groups is 1. The number of anilines is 1. The average Bonchev–Trinajstić information content (AvgIpc) is 3.18. The molecule has 0 radical (unpaired) electrons. The molecular formula is C25H24Cl2N2O. The topological polar surface area (TPSA) is 32.3 Å². The second kappa shape index (κ2) is 8.22. The van der Waals surface area contributed by atoms with Crippen LogP contribution in [-0.4, -0.2) is 23.9 Å². The maximum atomic E-state index is 13.0. The lowest BCUT2D eigenvalue weighted by atomic mass is 9.95. The molecule has 1 amide bonds. The van der Waals surface area contributed by atoms with Crippen LogP contribution in [0.2, 0.25) is 10.0 Å². The molecule has 5 heteroatoms. The summed E-state index contributed by atoms with van der Waals surface area (Å²) >= 11 is 12.5. The lowest BCUT2D eigenvalue weighted by molar-refractivity contribution is -0.121. The van der Waals surface area contributed by atoms with E-state index in [1.807, 2.05) is 18.2 Å². The highest BCUT2D eigenvalue weighted by Gasteiger charge is 2.26. The molecule has 0 atom stereocenters. The van der Waals surface area contributed by atoms with Crippen molar-refractivity contribution in [3.63, 3.8) is 0 Å². The number of hydrogen-bond acceptors (Lipinski definition) is 2. The number of halogens is 2. The first kappa shape index (κ1) is 19.9. The van der Waals surface area contributed by atoms with Crippen LogP contribution in [0, 0.1) is 5.92 Å². The third kappa shape index (κ3) is 3.71. The highest BCUT2D eigenvalue weighted by atomic mass is 35.5. The molecule has 3 nitrogen and oxygen atoms in total. The number of carbonyl (C=O) groups excluding carboxylic acids is 1. The van der Waals surface area contributed by atoms with Gasteiger partial charge < -0.3 is 5.32 Å². The number of nitrogens with zero attached hydrogens (tertiary/aromatic N) is 1. The van der Waals surface area contributed by atoms with Crippen LogP contribution < -0.4 is 5.32 Å². The van der Waals surface area contributed by atoms with E-state index in [1.165, 1.54) is 21.9 Å². The molecule has 0 unspecified atom stereocenters. The van der Waals surface area contributed by atoms with Gasteiger partial charge in [-0.25, -0.2) is 0 Å². The number of nitrogens with one attached hydrogen (secondary N) is 1. The van der Waals surface area contributed by atoms with E-state index in [0.29, 0.717) is 10.0 Å². The molecule has 1 aliphatic heterocycles. The van der Waals surface area contributed by atoms with Crippen molar-refractivity contribution in [2.45, 2.75) is 32.2 Å². The van der Waals surface area contributed by atoms with Crippen LogP contribution in [0.1, 0.15) is 29.5 Å². The molecule has 2 aliphatic rings. The van der Waals surface area contributed by atoms with Crippen molar-refractivity contribution in [2.75, 3.05) is 18.4 Å². The van der Waals surface area contributed by atoms with Crippen molar-refractivity contribution in [2.24, 2.45) is 5.92 Å². The van der Waals surface area contributed by atoms with Crippen molar-refractivity contribution in [1.29, 1.82) is 0 Å². The molecule has 0 saturated carbocycles. The standard InChI is InChI=1S/C25H24Cl2N2O/c26-21-6-2-4-19(24(21)27)15-29-13-11-18(12-14-29)25(30)28-22-10-9-17-8-7-16-3-1-5-20(22)23(16)17/h1-6,9-10,18H,7-8,11-15H2,(H,28,30). The van der Waals surface area contributed by atoms with Gasteiger partial charge in [0.1, 0.15) is 0 Å². The zero-order valence-corrected chi connectivity index (χ0v) is 18.3. The van der Waals surface area contributed by atoms with Crippen molar-refractivity contribution < 1.29 is 4.79 Å². The van der Waals surface area contributed by atoms with E-state index in [1.54, 1.807) is 0 Å². The third-order valence-corrected chi connectivity index (χ3v) is 7.38. The molecule has 1 N–H and O–H groups in total. The minimum Gasteiger partial charge on any atom is -0.325 e. The summed E-state index contributed by atoms with van der Waals surface area (Å²) in [6, 6.07) is 16.4. The fraction of sp³-hybridized carbons (Fsp3) is 0.320. The molecule has 30 heavy (non-hydrogen) atoms. The fourth-order valence-electron chi connectivity index (χ4n) is 4.86. The molecule has 3 aromatic carbocycles. The Hall–Kier alpha value is -2.07. The van der Waals surface area contributed by atoms with Gasteiger partial charge in [0.15, 0.2) is 0 Å². The Morgan fingerprint density at radius 2 is 1.70 bits per heavy atom. The Morgan fingerprint density at radius 3 is 2.50 bits per heavy atom. The monoisotopic (exact) mass is 438 g/mol. The maximum Gasteiger partial charge on any atom is 0.227 e. The Bertz CT molecular complexity index is 1110. The Morgan fingerprint density at radius 1 is 0.967 bits per heavy atom. The first-order chi connectivity index (χ1) is 14.6. The van der Waals surface area contributed by atoms with E-state index in [2.05, 4.69) is 40.5 Å². The van der Waals surface area contributed by atoms with Gasteiger partial charge in [-0.3, -0.25) is 9.69 Å². The second-order valence-corrected chi connectivity index (χ2v) is 9.15. The van der Waals surface area contributed by atoms with Crippen molar-refractivity contribution in [3.8, 4) is 0 Å². The maximum absolute atomic E-state index is 13.0. The van der Waals surface area contributed by atoms with E-state index >= 15 is 0 Å². The second-order valence-electron chi connectivity index (χ2n) is 8.36. The first-order valence-corrected chi connectivity index (χ1v) is 11.4. The smallest absolute Gasteiger partial charge is 0.227 e. The van der Waals surface area contributed by atoms with Crippen LogP contribution in [0.15, 0.2) is 48.5 Å². The van der Waals surface area contributed by atoms with Crippen molar-refractivity contribution in [1.82, 2.24) is 4.90 Å². The number of aryl methyl sites for hydroxylation is 2. The van der Waals surface area contributed by atoms with Gasteiger partial charge in [-0.2, -0.15) is 0 Å². The zero-order chi connectivity index (χ0) is 20.7.